The number of esters is 1. The van der Waals surface area contributed by atoms with Crippen molar-refractivity contribution in [1.29, 1.82) is 0 Å². The second-order valence-corrected chi connectivity index (χ2v) is 4.94. The molecule has 0 aliphatic heterocycles. The fraction of sp³-hybridized carbons (Fsp3) is 0.222. The summed E-state index contributed by atoms with van der Waals surface area (Å²) < 4.78 is 15.2. The molecule has 126 valence electrons. The van der Waals surface area contributed by atoms with Gasteiger partial charge in [0, 0.05) is 5.56 Å². The van der Waals surface area contributed by atoms with E-state index in [9.17, 15) is 9.59 Å². The van der Waals surface area contributed by atoms with Gasteiger partial charge in [-0.05, 0) is 30.3 Å². The highest BCUT2D eigenvalue weighted by atomic mass is 16.5. The lowest BCUT2D eigenvalue weighted by Gasteiger charge is -2.12. The van der Waals surface area contributed by atoms with Crippen molar-refractivity contribution in [2.75, 3.05) is 26.6 Å². The number of para-hydroxylation sites is 1. The van der Waals surface area contributed by atoms with Crippen LogP contribution in [0.25, 0.3) is 0 Å². The first-order valence-electron chi connectivity index (χ1n) is 7.27. The van der Waals surface area contributed by atoms with Crippen molar-refractivity contribution < 1.29 is 23.8 Å². The van der Waals surface area contributed by atoms with Gasteiger partial charge < -0.3 is 19.5 Å². The summed E-state index contributed by atoms with van der Waals surface area (Å²) in [5.74, 6) is 0.434. The summed E-state index contributed by atoms with van der Waals surface area (Å²) in [6, 6.07) is 11.9. The number of nitrogens with one attached hydrogen (secondary N) is 1. The number of amides is 1. The predicted octanol–water partition coefficient (Wildman–Crippen LogP) is 2.67. The molecule has 0 heterocycles. The average Bonchev–Trinajstić information content (AvgIpc) is 2.61. The molecular weight excluding hydrogens is 310 g/mol. The SMILES string of the molecule is COC(=O)c1ccccc1NC(=O)Cc1cc(OC)ccc1OC. The molecule has 0 atom stereocenters. The molecule has 2 rings (SSSR count). The number of ether oxygens (including phenoxy) is 3. The molecule has 0 unspecified atom stereocenters. The Hall–Kier alpha value is -3.02. The van der Waals surface area contributed by atoms with Crippen LogP contribution in [0.3, 0.4) is 0 Å². The summed E-state index contributed by atoms with van der Waals surface area (Å²) in [6.07, 6.45) is 0.0792. The number of hydrogen-bond donors (Lipinski definition) is 1. The lowest BCUT2D eigenvalue weighted by Crippen LogP contribution is -2.17. The number of anilines is 1. The molecule has 0 bridgehead atoms. The molecule has 1 amide bonds. The van der Waals surface area contributed by atoms with E-state index >= 15 is 0 Å². The van der Waals surface area contributed by atoms with E-state index in [-0.39, 0.29) is 12.3 Å². The first-order valence-corrected chi connectivity index (χ1v) is 7.27. The van der Waals surface area contributed by atoms with Crippen LogP contribution in [-0.2, 0) is 16.0 Å². The summed E-state index contributed by atoms with van der Waals surface area (Å²) in [5, 5.41) is 2.73. The van der Waals surface area contributed by atoms with Crippen LogP contribution in [0.2, 0.25) is 0 Å². The third-order valence-electron chi connectivity index (χ3n) is 3.45. The standard InChI is InChI=1S/C18H19NO5/c1-22-13-8-9-16(23-2)12(10-13)11-17(20)19-15-7-5-4-6-14(15)18(21)24-3/h4-10H,11H2,1-3H3,(H,19,20). The van der Waals surface area contributed by atoms with E-state index in [0.717, 1.165) is 0 Å². The smallest absolute Gasteiger partial charge is 0.339 e. The maximum atomic E-state index is 12.4. The minimum atomic E-state index is -0.509. The highest BCUT2D eigenvalue weighted by molar-refractivity contribution is 6.01. The van der Waals surface area contributed by atoms with Gasteiger partial charge in [-0.2, -0.15) is 0 Å². The molecule has 0 aliphatic carbocycles. The van der Waals surface area contributed by atoms with Crippen molar-refractivity contribution in [1.82, 2.24) is 0 Å². The van der Waals surface area contributed by atoms with Crippen LogP contribution >= 0.6 is 0 Å². The topological polar surface area (TPSA) is 73.9 Å². The Kier molecular flexibility index (Phi) is 5.78. The highest BCUT2D eigenvalue weighted by Gasteiger charge is 2.15. The summed E-state index contributed by atoms with van der Waals surface area (Å²) in [6.45, 7) is 0. The van der Waals surface area contributed by atoms with E-state index < -0.39 is 5.97 Å². The van der Waals surface area contributed by atoms with Crippen molar-refractivity contribution in [3.05, 3.63) is 53.6 Å². The van der Waals surface area contributed by atoms with Crippen LogP contribution in [0, 0.1) is 0 Å². The number of rotatable bonds is 6. The lowest BCUT2D eigenvalue weighted by atomic mass is 10.1. The fourth-order valence-electron chi connectivity index (χ4n) is 2.27. The van der Waals surface area contributed by atoms with Gasteiger partial charge in [-0.25, -0.2) is 4.79 Å². The molecule has 1 N–H and O–H groups in total. The summed E-state index contributed by atoms with van der Waals surface area (Å²) in [4.78, 5) is 24.1. The van der Waals surface area contributed by atoms with Crippen LogP contribution in [0.4, 0.5) is 5.69 Å². The number of methoxy groups -OCH3 is 3. The molecule has 0 fully saturated rings. The van der Waals surface area contributed by atoms with Crippen molar-refractivity contribution in [2.24, 2.45) is 0 Å². The van der Waals surface area contributed by atoms with Gasteiger partial charge in [-0.15, -0.1) is 0 Å². The summed E-state index contributed by atoms with van der Waals surface area (Å²) in [7, 11) is 4.39. The Morgan fingerprint density at radius 1 is 1.00 bits per heavy atom. The Balaban J connectivity index is 2.19. The molecule has 0 saturated carbocycles. The molecule has 6 heteroatoms. The van der Waals surface area contributed by atoms with Gasteiger partial charge in [0.2, 0.25) is 5.91 Å². The van der Waals surface area contributed by atoms with Crippen molar-refractivity contribution in [3.8, 4) is 11.5 Å². The van der Waals surface area contributed by atoms with E-state index in [2.05, 4.69) is 5.32 Å². The van der Waals surface area contributed by atoms with E-state index in [4.69, 9.17) is 14.2 Å². The Bertz CT molecular complexity index is 742. The van der Waals surface area contributed by atoms with Crippen molar-refractivity contribution in [2.45, 2.75) is 6.42 Å². The van der Waals surface area contributed by atoms with Crippen LogP contribution in [-0.4, -0.2) is 33.2 Å². The second-order valence-electron chi connectivity index (χ2n) is 4.94. The summed E-state index contributed by atoms with van der Waals surface area (Å²) >= 11 is 0. The van der Waals surface area contributed by atoms with Gasteiger partial charge >= 0.3 is 5.97 Å². The van der Waals surface area contributed by atoms with Gasteiger partial charge in [0.25, 0.3) is 0 Å². The predicted molar refractivity (Wildman–Crippen MR) is 89.7 cm³/mol. The lowest BCUT2D eigenvalue weighted by molar-refractivity contribution is -0.115. The minimum absolute atomic E-state index is 0.0792. The molecule has 24 heavy (non-hydrogen) atoms. The van der Waals surface area contributed by atoms with Crippen LogP contribution in [0.5, 0.6) is 11.5 Å². The normalized spacial score (nSPS) is 9.96. The highest BCUT2D eigenvalue weighted by Crippen LogP contribution is 2.25. The maximum Gasteiger partial charge on any atom is 0.339 e. The molecule has 0 saturated heterocycles. The number of hydrogen-bond acceptors (Lipinski definition) is 5. The molecule has 2 aromatic rings. The van der Waals surface area contributed by atoms with Crippen LogP contribution < -0.4 is 14.8 Å². The third-order valence-corrected chi connectivity index (χ3v) is 3.45. The van der Waals surface area contributed by atoms with Gasteiger partial charge in [0.15, 0.2) is 0 Å². The van der Waals surface area contributed by atoms with Gasteiger partial charge in [0.1, 0.15) is 11.5 Å². The average molecular weight is 329 g/mol. The third kappa shape index (κ3) is 4.04. The van der Waals surface area contributed by atoms with Crippen LogP contribution in [0.15, 0.2) is 42.5 Å². The van der Waals surface area contributed by atoms with E-state index in [0.29, 0.717) is 28.3 Å². The largest absolute Gasteiger partial charge is 0.497 e. The molecular formula is C18H19NO5. The summed E-state index contributed by atoms with van der Waals surface area (Å²) in [5.41, 5.74) is 1.38. The van der Waals surface area contributed by atoms with Crippen molar-refractivity contribution >= 4 is 17.6 Å². The quantitative estimate of drug-likeness (QED) is 0.825. The number of benzene rings is 2. The molecule has 0 aliphatic rings. The first kappa shape index (κ1) is 17.3. The first-order chi connectivity index (χ1) is 11.6. The zero-order valence-electron chi connectivity index (χ0n) is 13.8. The number of carbonyl (C=O) groups excluding carboxylic acids is 2. The maximum absolute atomic E-state index is 12.4. The fourth-order valence-corrected chi connectivity index (χ4v) is 2.27. The van der Waals surface area contributed by atoms with E-state index in [1.807, 2.05) is 0 Å². The monoisotopic (exact) mass is 329 g/mol. The minimum Gasteiger partial charge on any atom is -0.497 e. The second kappa shape index (κ2) is 8.01. The molecule has 0 aromatic heterocycles. The molecule has 0 radical (unpaired) electrons. The zero-order valence-corrected chi connectivity index (χ0v) is 13.8. The molecule has 6 nitrogen and oxygen atoms in total. The Morgan fingerprint density at radius 2 is 1.75 bits per heavy atom. The van der Waals surface area contributed by atoms with Crippen LogP contribution in [0.1, 0.15) is 15.9 Å². The van der Waals surface area contributed by atoms with E-state index in [1.165, 1.54) is 14.2 Å². The Labute approximate surface area is 140 Å². The molecule has 2 aromatic carbocycles. The van der Waals surface area contributed by atoms with Crippen molar-refractivity contribution in [3.63, 3.8) is 0 Å². The zero-order chi connectivity index (χ0) is 17.5. The van der Waals surface area contributed by atoms with Gasteiger partial charge in [-0.3, -0.25) is 4.79 Å². The van der Waals surface area contributed by atoms with Gasteiger partial charge in [-0.1, -0.05) is 12.1 Å². The molecule has 0 spiro atoms. The van der Waals surface area contributed by atoms with E-state index in [1.54, 1.807) is 49.6 Å². The number of carbonyl (C=O) groups is 2. The van der Waals surface area contributed by atoms with Gasteiger partial charge in [0.05, 0.1) is 39.0 Å². The Morgan fingerprint density at radius 3 is 2.42 bits per heavy atom.